The Hall–Kier alpha value is -5.12. The molecule has 0 saturated carbocycles. The van der Waals surface area contributed by atoms with Crippen molar-refractivity contribution >= 4 is 43.6 Å². The molecule has 0 unspecified atom stereocenters. The van der Waals surface area contributed by atoms with Crippen molar-refractivity contribution in [2.75, 3.05) is 18.5 Å². The van der Waals surface area contributed by atoms with Crippen molar-refractivity contribution in [2.24, 2.45) is 0 Å². The molecule has 0 spiro atoms. The Morgan fingerprint density at radius 3 is 2.61 bits per heavy atom. The third kappa shape index (κ3) is 5.76. The molecule has 0 aliphatic carbocycles. The standard InChI is InChI=1S/C29H25N7O4S/c1-18(34-28(37)24-25-20(11-7-15-31-25)17-32-26(24)30)27-35-22-14-6-9-19(10-8-16-33-41(2,39)40)23(22)29(38)36(27)21-12-4-3-5-13-21/h3-7,9,11-15,17-18,33H,16H2,1-2H3,(H2,30,32)(H,34,37)/t18-/m1/s1. The largest absolute Gasteiger partial charge is 0.383 e. The van der Waals surface area contributed by atoms with E-state index in [0.29, 0.717) is 27.7 Å². The Labute approximate surface area is 235 Å². The highest BCUT2D eigenvalue weighted by molar-refractivity contribution is 7.88. The van der Waals surface area contributed by atoms with E-state index in [1.807, 2.05) is 6.07 Å². The summed E-state index contributed by atoms with van der Waals surface area (Å²) in [5.74, 6) is 5.42. The van der Waals surface area contributed by atoms with E-state index < -0.39 is 27.5 Å². The molecule has 0 bridgehead atoms. The van der Waals surface area contributed by atoms with Crippen LogP contribution < -0.4 is 21.3 Å². The zero-order valence-corrected chi connectivity index (χ0v) is 22.9. The third-order valence-electron chi connectivity index (χ3n) is 6.22. The maximum Gasteiger partial charge on any atom is 0.267 e. The second-order valence-corrected chi connectivity index (χ2v) is 11.0. The van der Waals surface area contributed by atoms with Gasteiger partial charge in [-0.25, -0.2) is 23.1 Å². The van der Waals surface area contributed by atoms with Gasteiger partial charge in [-0.3, -0.25) is 19.1 Å². The van der Waals surface area contributed by atoms with E-state index in [4.69, 9.17) is 10.7 Å². The van der Waals surface area contributed by atoms with Gasteiger partial charge in [0, 0.05) is 23.3 Å². The van der Waals surface area contributed by atoms with Gasteiger partial charge in [0.2, 0.25) is 10.0 Å². The SMILES string of the molecule is C[C@@H](NC(=O)c1c(N)ncc2cccnc12)c1nc2cccc(C#CCNS(C)(=O)=O)c2c(=O)n1-c1ccccc1. The van der Waals surface area contributed by atoms with E-state index in [2.05, 4.69) is 31.8 Å². The number of para-hydroxylation sites is 1. The van der Waals surface area contributed by atoms with Gasteiger partial charge in [-0.15, -0.1) is 0 Å². The Bertz CT molecular complexity index is 2030. The first kappa shape index (κ1) is 27.4. The average molecular weight is 568 g/mol. The fraction of sp³-hybridized carbons (Fsp3) is 0.138. The van der Waals surface area contributed by atoms with Crippen LogP contribution in [-0.4, -0.2) is 46.6 Å². The highest BCUT2D eigenvalue weighted by Crippen LogP contribution is 2.23. The molecule has 0 saturated heterocycles. The van der Waals surface area contributed by atoms with Gasteiger partial charge in [0.05, 0.1) is 40.9 Å². The van der Waals surface area contributed by atoms with Crippen LogP contribution >= 0.6 is 0 Å². The molecule has 206 valence electrons. The van der Waals surface area contributed by atoms with E-state index in [0.717, 1.165) is 6.26 Å². The lowest BCUT2D eigenvalue weighted by molar-refractivity contribution is 0.0940. The number of nitrogens with one attached hydrogen (secondary N) is 2. The van der Waals surface area contributed by atoms with Gasteiger partial charge in [0.15, 0.2) is 0 Å². The van der Waals surface area contributed by atoms with Gasteiger partial charge < -0.3 is 11.1 Å². The number of carbonyl (C=O) groups is 1. The number of carbonyl (C=O) groups excluding carboxylic acids is 1. The molecule has 0 fully saturated rings. The monoisotopic (exact) mass is 567 g/mol. The van der Waals surface area contributed by atoms with E-state index in [9.17, 15) is 18.0 Å². The van der Waals surface area contributed by atoms with Crippen molar-refractivity contribution < 1.29 is 13.2 Å². The zero-order chi connectivity index (χ0) is 29.1. The summed E-state index contributed by atoms with van der Waals surface area (Å²) in [5.41, 5.74) is 7.52. The van der Waals surface area contributed by atoms with E-state index in [1.54, 1.807) is 73.9 Å². The van der Waals surface area contributed by atoms with Crippen LogP contribution in [0.2, 0.25) is 0 Å². The molecule has 1 atom stereocenters. The van der Waals surface area contributed by atoms with Crippen LogP contribution in [-0.2, 0) is 10.0 Å². The Balaban J connectivity index is 1.61. The molecule has 4 N–H and O–H groups in total. The molecule has 41 heavy (non-hydrogen) atoms. The van der Waals surface area contributed by atoms with Gasteiger partial charge in [0.1, 0.15) is 17.2 Å². The molecular formula is C29H25N7O4S. The summed E-state index contributed by atoms with van der Waals surface area (Å²) in [7, 11) is -3.41. The number of rotatable bonds is 6. The number of fused-ring (bicyclic) bond motifs is 2. The molecule has 3 heterocycles. The normalized spacial score (nSPS) is 12.0. The van der Waals surface area contributed by atoms with Gasteiger partial charge in [-0.05, 0) is 43.3 Å². The highest BCUT2D eigenvalue weighted by atomic mass is 32.2. The molecule has 3 aromatic heterocycles. The average Bonchev–Trinajstić information content (AvgIpc) is 2.95. The highest BCUT2D eigenvalue weighted by Gasteiger charge is 2.23. The predicted octanol–water partition coefficient (Wildman–Crippen LogP) is 2.30. The molecule has 1 amide bonds. The summed E-state index contributed by atoms with van der Waals surface area (Å²) >= 11 is 0. The topological polar surface area (TPSA) is 162 Å². The maximum atomic E-state index is 14.0. The van der Waals surface area contributed by atoms with E-state index in [-0.39, 0.29) is 29.1 Å². The number of pyridine rings is 2. The Morgan fingerprint density at radius 1 is 1.07 bits per heavy atom. The first-order valence-corrected chi connectivity index (χ1v) is 14.4. The van der Waals surface area contributed by atoms with Crippen molar-refractivity contribution in [3.63, 3.8) is 0 Å². The molecule has 12 heteroatoms. The number of nitrogen functional groups attached to an aromatic ring is 1. The smallest absolute Gasteiger partial charge is 0.267 e. The van der Waals surface area contributed by atoms with Crippen molar-refractivity contribution in [3.8, 4) is 17.5 Å². The molecule has 5 aromatic rings. The lowest BCUT2D eigenvalue weighted by Gasteiger charge is -2.20. The minimum atomic E-state index is -3.41. The first-order valence-electron chi connectivity index (χ1n) is 12.5. The zero-order valence-electron chi connectivity index (χ0n) is 22.1. The number of nitrogens with zero attached hydrogens (tertiary/aromatic N) is 4. The first-order chi connectivity index (χ1) is 19.6. The Kier molecular flexibility index (Phi) is 7.47. The van der Waals surface area contributed by atoms with Gasteiger partial charge >= 0.3 is 0 Å². The van der Waals surface area contributed by atoms with Gasteiger partial charge in [0.25, 0.3) is 11.5 Å². The number of anilines is 1. The summed E-state index contributed by atoms with van der Waals surface area (Å²) in [5, 5.41) is 3.82. The molecule has 0 radical (unpaired) electrons. The Morgan fingerprint density at radius 2 is 1.85 bits per heavy atom. The van der Waals surface area contributed by atoms with Crippen molar-refractivity contribution in [3.05, 3.63) is 100 Å². The molecule has 11 nitrogen and oxygen atoms in total. The number of nitrogens with two attached hydrogens (primary N) is 1. The lowest BCUT2D eigenvalue weighted by atomic mass is 10.1. The maximum absolute atomic E-state index is 14.0. The van der Waals surface area contributed by atoms with Crippen LogP contribution in [0.1, 0.15) is 34.7 Å². The predicted molar refractivity (Wildman–Crippen MR) is 157 cm³/mol. The fourth-order valence-corrected chi connectivity index (χ4v) is 4.72. The number of aromatic nitrogens is 4. The van der Waals surface area contributed by atoms with Crippen molar-refractivity contribution in [2.45, 2.75) is 13.0 Å². The van der Waals surface area contributed by atoms with Crippen LogP contribution in [0, 0.1) is 11.8 Å². The number of amides is 1. The number of sulfonamides is 1. The van der Waals surface area contributed by atoms with Gasteiger partial charge in [-0.2, -0.15) is 0 Å². The van der Waals surface area contributed by atoms with Crippen LogP contribution in [0.15, 0.2) is 77.9 Å². The number of hydrogen-bond acceptors (Lipinski definition) is 8. The summed E-state index contributed by atoms with van der Waals surface area (Å²) < 4.78 is 26.5. The van der Waals surface area contributed by atoms with Gasteiger partial charge in [-0.1, -0.05) is 36.1 Å². The quantitative estimate of drug-likeness (QED) is 0.263. The van der Waals surface area contributed by atoms with Crippen LogP contribution in [0.25, 0.3) is 27.5 Å². The van der Waals surface area contributed by atoms with E-state index >= 15 is 0 Å². The van der Waals surface area contributed by atoms with E-state index in [1.165, 1.54) is 4.57 Å². The van der Waals surface area contributed by atoms with Crippen molar-refractivity contribution in [1.29, 1.82) is 0 Å². The fourth-order valence-electron chi connectivity index (χ4n) is 4.39. The minimum absolute atomic E-state index is 0.0291. The number of benzene rings is 2. The van der Waals surface area contributed by atoms with Crippen molar-refractivity contribution in [1.82, 2.24) is 29.6 Å². The molecule has 5 rings (SSSR count). The molecule has 0 aliphatic rings. The molecule has 0 aliphatic heterocycles. The summed E-state index contributed by atoms with van der Waals surface area (Å²) in [6.07, 6.45) is 4.16. The second-order valence-electron chi connectivity index (χ2n) is 9.20. The summed E-state index contributed by atoms with van der Waals surface area (Å²) in [6, 6.07) is 16.7. The lowest BCUT2D eigenvalue weighted by Crippen LogP contribution is -2.34. The van der Waals surface area contributed by atoms with Crippen LogP contribution in [0.3, 0.4) is 0 Å². The summed E-state index contributed by atoms with van der Waals surface area (Å²) in [6.45, 7) is 1.60. The summed E-state index contributed by atoms with van der Waals surface area (Å²) in [4.78, 5) is 40.8. The molecule has 2 aromatic carbocycles. The second kappa shape index (κ2) is 11.2. The van der Waals surface area contributed by atoms with Crippen LogP contribution in [0.5, 0.6) is 0 Å². The van der Waals surface area contributed by atoms with Crippen LogP contribution in [0.4, 0.5) is 5.82 Å². The molecular weight excluding hydrogens is 542 g/mol. The third-order valence-corrected chi connectivity index (χ3v) is 6.89. The minimum Gasteiger partial charge on any atom is -0.383 e. The number of hydrogen-bond donors (Lipinski definition) is 3.